The second kappa shape index (κ2) is 15.3. The molecule has 0 unspecified atom stereocenters. The number of aliphatic carboxylic acids is 1. The first-order valence-electron chi connectivity index (χ1n) is 12.8. The number of hydrogen-bond acceptors (Lipinski definition) is 4. The maximum atomic E-state index is 13.5. The minimum absolute atomic E-state index is 0.0505. The van der Waals surface area contributed by atoms with Gasteiger partial charge in [0.25, 0.3) is 5.91 Å². The monoisotopic (exact) mass is 512 g/mol. The van der Waals surface area contributed by atoms with Crippen LogP contribution in [0.25, 0.3) is 0 Å². The van der Waals surface area contributed by atoms with Crippen molar-refractivity contribution in [3.8, 4) is 0 Å². The maximum Gasteiger partial charge on any atom is 0.326 e. The summed E-state index contributed by atoms with van der Waals surface area (Å²) in [6.07, 6.45) is 4.27. The molecule has 2 rings (SSSR count). The number of carbonyl (C=O) groups excluding carboxylic acids is 2. The first-order chi connectivity index (χ1) is 17.2. The van der Waals surface area contributed by atoms with Gasteiger partial charge in [-0.25, -0.2) is 9.59 Å². The van der Waals surface area contributed by atoms with E-state index in [9.17, 15) is 19.5 Å². The third kappa shape index (κ3) is 10.1. The quantitative estimate of drug-likeness (QED) is 0.286. The molecule has 0 saturated heterocycles. The Morgan fingerprint density at radius 2 is 1.69 bits per heavy atom. The van der Waals surface area contributed by atoms with Gasteiger partial charge in [-0.15, -0.1) is 0 Å². The van der Waals surface area contributed by atoms with Gasteiger partial charge in [-0.1, -0.05) is 76.6 Å². The Balaban J connectivity index is 2.23. The number of imide groups is 1. The Morgan fingerprint density at radius 3 is 2.33 bits per heavy atom. The number of amides is 3. The number of urea groups is 1. The number of carbonyl (C=O) groups is 3. The van der Waals surface area contributed by atoms with Gasteiger partial charge < -0.3 is 10.4 Å². The number of nitrogens with one attached hydrogen (secondary N) is 1. The highest BCUT2D eigenvalue weighted by atomic mass is 32.2. The van der Waals surface area contributed by atoms with Gasteiger partial charge in [0.1, 0.15) is 6.04 Å². The molecule has 0 aromatic heterocycles. The molecule has 36 heavy (non-hydrogen) atoms. The number of aryl methyl sites for hydroxylation is 1. The van der Waals surface area contributed by atoms with Gasteiger partial charge >= 0.3 is 12.0 Å². The predicted molar refractivity (Wildman–Crippen MR) is 147 cm³/mol. The summed E-state index contributed by atoms with van der Waals surface area (Å²) < 4.78 is 0. The van der Waals surface area contributed by atoms with E-state index in [0.29, 0.717) is 11.5 Å². The Kier molecular flexibility index (Phi) is 12.5. The highest BCUT2D eigenvalue weighted by molar-refractivity contribution is 7.99. The van der Waals surface area contributed by atoms with Gasteiger partial charge in [-0.3, -0.25) is 9.69 Å². The highest BCUT2D eigenvalue weighted by Crippen LogP contribution is 2.19. The highest BCUT2D eigenvalue weighted by Gasteiger charge is 2.29. The van der Waals surface area contributed by atoms with Crippen molar-refractivity contribution in [2.24, 2.45) is 5.92 Å². The van der Waals surface area contributed by atoms with Crippen molar-refractivity contribution < 1.29 is 19.5 Å². The molecule has 3 amide bonds. The van der Waals surface area contributed by atoms with Crippen LogP contribution in [-0.4, -0.2) is 45.0 Å². The van der Waals surface area contributed by atoms with Crippen molar-refractivity contribution in [3.63, 3.8) is 0 Å². The van der Waals surface area contributed by atoms with E-state index >= 15 is 0 Å². The van der Waals surface area contributed by atoms with Crippen LogP contribution >= 0.6 is 11.8 Å². The van der Waals surface area contributed by atoms with Gasteiger partial charge in [0, 0.05) is 10.8 Å². The minimum atomic E-state index is -1.10. The summed E-state index contributed by atoms with van der Waals surface area (Å²) in [5.74, 6) is -0.0597. The largest absolute Gasteiger partial charge is 0.480 e. The summed E-state index contributed by atoms with van der Waals surface area (Å²) in [6.45, 7) is 8.45. The number of benzene rings is 2. The van der Waals surface area contributed by atoms with Crippen LogP contribution in [0.4, 0.5) is 4.79 Å². The van der Waals surface area contributed by atoms with Crippen LogP contribution in [-0.2, 0) is 17.8 Å². The number of rotatable bonds is 14. The van der Waals surface area contributed by atoms with Crippen molar-refractivity contribution in [1.82, 2.24) is 10.2 Å². The number of hydrogen-bond donors (Lipinski definition) is 2. The molecular formula is C29H40N2O4S. The zero-order chi connectivity index (χ0) is 26.5. The van der Waals surface area contributed by atoms with Crippen molar-refractivity contribution in [2.45, 2.75) is 77.6 Å². The Bertz CT molecular complexity index is 980. The predicted octanol–water partition coefficient (Wildman–Crippen LogP) is 6.39. The standard InChI is InChI=1S/C29H40N2O4S/c1-5-6-17-36-22(4)18-26(28(33)34)30-29(35)31(20-24-11-8-7-9-12-24)27(32)25-14-10-13-23(19-25)16-15-21(2)3/h7-14,19,21-22,26H,5-6,15-18,20H2,1-4H3,(H,30,35)(H,33,34)/t22-,26-/m0/s1. The molecular weight excluding hydrogens is 472 g/mol. The maximum absolute atomic E-state index is 13.5. The molecule has 0 heterocycles. The Hall–Kier alpha value is -2.80. The molecule has 0 fully saturated rings. The van der Waals surface area contributed by atoms with E-state index in [2.05, 4.69) is 26.1 Å². The van der Waals surface area contributed by atoms with E-state index in [1.165, 1.54) is 0 Å². The lowest BCUT2D eigenvalue weighted by Crippen LogP contribution is -2.50. The van der Waals surface area contributed by atoms with Crippen LogP contribution in [0.1, 0.15) is 74.9 Å². The molecule has 0 radical (unpaired) electrons. The molecule has 0 bridgehead atoms. The molecule has 7 heteroatoms. The zero-order valence-corrected chi connectivity index (χ0v) is 22.7. The van der Waals surface area contributed by atoms with E-state index in [4.69, 9.17) is 0 Å². The average Bonchev–Trinajstić information content (AvgIpc) is 2.86. The molecule has 0 saturated carbocycles. The molecule has 0 aliphatic heterocycles. The molecule has 0 aliphatic rings. The summed E-state index contributed by atoms with van der Waals surface area (Å²) >= 11 is 1.70. The second-order valence-corrected chi connectivity index (χ2v) is 11.2. The number of carboxylic acid groups (broad SMARTS) is 1. The number of nitrogens with zero attached hydrogens (tertiary/aromatic N) is 1. The Labute approximate surface area is 219 Å². The molecule has 6 nitrogen and oxygen atoms in total. The van der Waals surface area contributed by atoms with Crippen molar-refractivity contribution in [1.29, 1.82) is 0 Å². The van der Waals surface area contributed by atoms with Gasteiger partial charge in [-0.05, 0) is 60.6 Å². The van der Waals surface area contributed by atoms with Crippen LogP contribution < -0.4 is 5.32 Å². The van der Waals surface area contributed by atoms with Crippen LogP contribution in [0.5, 0.6) is 0 Å². The smallest absolute Gasteiger partial charge is 0.326 e. The van der Waals surface area contributed by atoms with Crippen molar-refractivity contribution in [3.05, 3.63) is 71.3 Å². The average molecular weight is 513 g/mol. The lowest BCUT2D eigenvalue weighted by atomic mass is 10.0. The van der Waals surface area contributed by atoms with Gasteiger partial charge in [-0.2, -0.15) is 11.8 Å². The summed E-state index contributed by atoms with van der Waals surface area (Å²) in [6, 6.07) is 14.8. The number of carboxylic acids is 1. The molecule has 0 aliphatic carbocycles. The van der Waals surface area contributed by atoms with E-state index < -0.39 is 23.9 Å². The molecule has 2 N–H and O–H groups in total. The fourth-order valence-electron chi connectivity index (χ4n) is 3.75. The normalized spacial score (nSPS) is 12.7. The topological polar surface area (TPSA) is 86.7 Å². The molecule has 2 atom stereocenters. The summed E-state index contributed by atoms with van der Waals surface area (Å²) in [7, 11) is 0. The first-order valence-corrected chi connectivity index (χ1v) is 13.9. The second-order valence-electron chi connectivity index (χ2n) is 9.62. The molecule has 0 spiro atoms. The Morgan fingerprint density at radius 1 is 1.00 bits per heavy atom. The zero-order valence-electron chi connectivity index (χ0n) is 21.9. The third-order valence-corrected chi connectivity index (χ3v) is 7.21. The number of unbranched alkanes of at least 4 members (excludes halogenated alkanes) is 1. The number of thioether (sulfide) groups is 1. The summed E-state index contributed by atoms with van der Waals surface area (Å²) in [5.41, 5.74) is 2.24. The lowest BCUT2D eigenvalue weighted by Gasteiger charge is -2.25. The van der Waals surface area contributed by atoms with Gasteiger partial charge in [0.05, 0.1) is 6.54 Å². The van der Waals surface area contributed by atoms with Crippen molar-refractivity contribution in [2.75, 3.05) is 5.75 Å². The first kappa shape index (κ1) is 29.4. The van der Waals surface area contributed by atoms with E-state index in [1.807, 2.05) is 55.5 Å². The molecule has 196 valence electrons. The minimum Gasteiger partial charge on any atom is -0.480 e. The van der Waals surface area contributed by atoms with Crippen LogP contribution in [0, 0.1) is 5.92 Å². The summed E-state index contributed by atoms with van der Waals surface area (Å²) in [5, 5.41) is 12.5. The van der Waals surface area contributed by atoms with Crippen molar-refractivity contribution >= 4 is 29.7 Å². The van der Waals surface area contributed by atoms with Crippen LogP contribution in [0.3, 0.4) is 0 Å². The van der Waals surface area contributed by atoms with Crippen LogP contribution in [0.15, 0.2) is 54.6 Å². The third-order valence-electron chi connectivity index (χ3n) is 5.92. The fraction of sp³-hybridized carbons (Fsp3) is 0.483. The lowest BCUT2D eigenvalue weighted by molar-refractivity contribution is -0.139. The van der Waals surface area contributed by atoms with Gasteiger partial charge in [0.2, 0.25) is 0 Å². The SMILES string of the molecule is CCCCS[C@@H](C)C[C@H](NC(=O)N(Cc1ccccc1)C(=O)c1cccc(CCC(C)C)c1)C(=O)O. The van der Waals surface area contributed by atoms with E-state index in [-0.39, 0.29) is 18.2 Å². The summed E-state index contributed by atoms with van der Waals surface area (Å²) in [4.78, 5) is 40.0. The van der Waals surface area contributed by atoms with Gasteiger partial charge in [0.15, 0.2) is 0 Å². The van der Waals surface area contributed by atoms with E-state index in [0.717, 1.165) is 47.5 Å². The fourth-order valence-corrected chi connectivity index (χ4v) is 4.94. The van der Waals surface area contributed by atoms with Crippen LogP contribution in [0.2, 0.25) is 0 Å². The molecule has 2 aromatic rings. The molecule has 2 aromatic carbocycles. The van der Waals surface area contributed by atoms with E-state index in [1.54, 1.807) is 17.8 Å².